The van der Waals surface area contributed by atoms with Crippen molar-refractivity contribution in [2.75, 3.05) is 32.0 Å². The summed E-state index contributed by atoms with van der Waals surface area (Å²) in [7, 11) is 1.64. The first kappa shape index (κ1) is 19.6. The minimum Gasteiger partial charge on any atom is -0.338 e. The van der Waals surface area contributed by atoms with Gasteiger partial charge in [0.25, 0.3) is 0 Å². The number of rotatable bonds is 6. The number of hydrogen-bond acceptors (Lipinski definition) is 4. The second kappa shape index (κ2) is 9.02. The zero-order valence-electron chi connectivity index (χ0n) is 14.9. The molecule has 0 radical (unpaired) electrons. The van der Waals surface area contributed by atoms with Crippen molar-refractivity contribution in [2.45, 2.75) is 27.7 Å². The molecule has 7 nitrogen and oxygen atoms in total. The Kier molecular flexibility index (Phi) is 7.38. The summed E-state index contributed by atoms with van der Waals surface area (Å²) in [4.78, 5) is 36.6. The van der Waals surface area contributed by atoms with Crippen LogP contribution in [0.1, 0.15) is 23.6 Å². The maximum Gasteiger partial charge on any atom is 0.321 e. The maximum absolute atomic E-state index is 12.2. The van der Waals surface area contributed by atoms with Gasteiger partial charge in [-0.3, -0.25) is 19.8 Å². The Balaban J connectivity index is 2.53. The third kappa shape index (κ3) is 6.37. The molecule has 1 rings (SSSR count). The molecule has 0 fully saturated rings. The fourth-order valence-corrected chi connectivity index (χ4v) is 2.47. The summed E-state index contributed by atoms with van der Waals surface area (Å²) in [6, 6.07) is 3.48. The van der Waals surface area contributed by atoms with Gasteiger partial charge in [-0.15, -0.1) is 0 Å². The van der Waals surface area contributed by atoms with Crippen LogP contribution in [-0.2, 0) is 9.59 Å². The first-order valence-corrected chi connectivity index (χ1v) is 7.86. The molecular weight excluding hydrogens is 308 g/mol. The summed E-state index contributed by atoms with van der Waals surface area (Å²) in [5.41, 5.74) is 3.93. The van der Waals surface area contributed by atoms with E-state index in [9.17, 15) is 14.4 Å². The monoisotopic (exact) mass is 334 g/mol. The van der Waals surface area contributed by atoms with Crippen molar-refractivity contribution in [3.8, 4) is 0 Å². The number of likely N-dealkylation sites (N-methyl/N-ethyl adjacent to an activating group) is 1. The molecule has 0 aliphatic carbocycles. The van der Waals surface area contributed by atoms with Crippen molar-refractivity contribution in [2.24, 2.45) is 0 Å². The van der Waals surface area contributed by atoms with Crippen LogP contribution in [0.25, 0.3) is 0 Å². The number of benzene rings is 1. The number of carbonyl (C=O) groups excluding carboxylic acids is 3. The molecule has 0 aliphatic rings. The molecule has 1 aromatic rings. The summed E-state index contributed by atoms with van der Waals surface area (Å²) in [5.74, 6) is -0.669. The van der Waals surface area contributed by atoms with E-state index in [0.717, 1.165) is 22.4 Å². The van der Waals surface area contributed by atoms with Crippen LogP contribution in [0.5, 0.6) is 0 Å². The predicted octanol–water partition coefficient (Wildman–Crippen LogP) is 1.33. The average molecular weight is 334 g/mol. The van der Waals surface area contributed by atoms with Crippen LogP contribution in [0.2, 0.25) is 0 Å². The lowest BCUT2D eigenvalue weighted by Crippen LogP contribution is -2.44. The molecule has 0 saturated heterocycles. The molecule has 4 amide bonds. The summed E-state index contributed by atoms with van der Waals surface area (Å²) >= 11 is 0. The van der Waals surface area contributed by atoms with E-state index >= 15 is 0 Å². The Morgan fingerprint density at radius 3 is 2.08 bits per heavy atom. The van der Waals surface area contributed by atoms with Gasteiger partial charge in [0.1, 0.15) is 0 Å². The first-order chi connectivity index (χ1) is 11.2. The minimum atomic E-state index is -0.536. The fraction of sp³-hybridized carbons (Fsp3) is 0.471. The summed E-state index contributed by atoms with van der Waals surface area (Å²) < 4.78 is 0. The van der Waals surface area contributed by atoms with E-state index in [1.165, 1.54) is 0 Å². The topological polar surface area (TPSA) is 90.5 Å². The zero-order valence-corrected chi connectivity index (χ0v) is 14.9. The van der Waals surface area contributed by atoms with Crippen LogP contribution >= 0.6 is 0 Å². The molecule has 0 heterocycles. The van der Waals surface area contributed by atoms with E-state index in [1.807, 2.05) is 32.9 Å². The SMILES string of the molecule is CCNC(=O)NC(=O)CN(C)CC(=O)Nc1c(C)cc(C)cc1C. The van der Waals surface area contributed by atoms with Gasteiger partial charge in [0.2, 0.25) is 11.8 Å². The number of urea groups is 1. The average Bonchev–Trinajstić information content (AvgIpc) is 2.42. The lowest BCUT2D eigenvalue weighted by molar-refractivity contribution is -0.122. The number of aryl methyl sites for hydroxylation is 3. The Morgan fingerprint density at radius 2 is 1.54 bits per heavy atom. The molecule has 3 N–H and O–H groups in total. The van der Waals surface area contributed by atoms with Gasteiger partial charge in [-0.1, -0.05) is 17.7 Å². The van der Waals surface area contributed by atoms with Gasteiger partial charge >= 0.3 is 6.03 Å². The molecule has 0 saturated carbocycles. The molecular formula is C17H26N4O3. The third-order valence-corrected chi connectivity index (χ3v) is 3.36. The van der Waals surface area contributed by atoms with Crippen LogP contribution in [0.15, 0.2) is 12.1 Å². The Hall–Kier alpha value is -2.41. The largest absolute Gasteiger partial charge is 0.338 e. The van der Waals surface area contributed by atoms with Crippen molar-refractivity contribution in [1.82, 2.24) is 15.5 Å². The van der Waals surface area contributed by atoms with E-state index in [1.54, 1.807) is 18.9 Å². The maximum atomic E-state index is 12.2. The number of nitrogens with one attached hydrogen (secondary N) is 3. The molecule has 0 bridgehead atoms. The zero-order chi connectivity index (χ0) is 18.3. The summed E-state index contributed by atoms with van der Waals surface area (Å²) in [5, 5.41) is 7.55. The van der Waals surface area contributed by atoms with Crippen molar-refractivity contribution in [3.63, 3.8) is 0 Å². The highest BCUT2D eigenvalue weighted by molar-refractivity contribution is 5.96. The number of imide groups is 1. The highest BCUT2D eigenvalue weighted by Crippen LogP contribution is 2.21. The Labute approximate surface area is 142 Å². The van der Waals surface area contributed by atoms with Crippen LogP contribution in [0, 0.1) is 20.8 Å². The molecule has 132 valence electrons. The number of anilines is 1. The van der Waals surface area contributed by atoms with E-state index in [4.69, 9.17) is 0 Å². The molecule has 0 spiro atoms. The smallest absolute Gasteiger partial charge is 0.321 e. The van der Waals surface area contributed by atoms with E-state index < -0.39 is 11.9 Å². The van der Waals surface area contributed by atoms with E-state index in [-0.39, 0.29) is 19.0 Å². The van der Waals surface area contributed by atoms with Crippen molar-refractivity contribution < 1.29 is 14.4 Å². The van der Waals surface area contributed by atoms with Gasteiger partial charge in [0.05, 0.1) is 13.1 Å². The Bertz CT molecular complexity index is 605. The van der Waals surface area contributed by atoms with Crippen LogP contribution in [0.3, 0.4) is 0 Å². The normalized spacial score (nSPS) is 10.4. The van der Waals surface area contributed by atoms with Crippen LogP contribution in [0.4, 0.5) is 10.5 Å². The second-order valence-electron chi connectivity index (χ2n) is 5.90. The molecule has 0 unspecified atom stereocenters. The standard InChI is InChI=1S/C17H26N4O3/c1-6-18-17(24)20-15(23)10-21(5)9-14(22)19-16-12(3)7-11(2)8-13(16)4/h7-8H,6,9-10H2,1-5H3,(H,19,22)(H2,18,20,23,24). The Morgan fingerprint density at radius 1 is 1.00 bits per heavy atom. The van der Waals surface area contributed by atoms with Gasteiger partial charge < -0.3 is 10.6 Å². The number of hydrogen-bond donors (Lipinski definition) is 3. The fourth-order valence-electron chi connectivity index (χ4n) is 2.47. The first-order valence-electron chi connectivity index (χ1n) is 7.86. The quantitative estimate of drug-likeness (QED) is 0.732. The van der Waals surface area contributed by atoms with Crippen molar-refractivity contribution >= 4 is 23.5 Å². The minimum absolute atomic E-state index is 0.0452. The lowest BCUT2D eigenvalue weighted by atomic mass is 10.1. The second-order valence-corrected chi connectivity index (χ2v) is 5.90. The number of nitrogens with zero attached hydrogens (tertiary/aromatic N) is 1. The van der Waals surface area contributed by atoms with Gasteiger partial charge in [0, 0.05) is 12.2 Å². The van der Waals surface area contributed by atoms with Gasteiger partial charge in [-0.2, -0.15) is 0 Å². The highest BCUT2D eigenvalue weighted by Gasteiger charge is 2.14. The highest BCUT2D eigenvalue weighted by atomic mass is 16.2. The molecule has 7 heteroatoms. The number of amides is 4. The summed E-state index contributed by atoms with van der Waals surface area (Å²) in [6.07, 6.45) is 0. The van der Waals surface area contributed by atoms with Gasteiger partial charge in [-0.25, -0.2) is 4.79 Å². The molecule has 0 aromatic heterocycles. The van der Waals surface area contributed by atoms with Crippen LogP contribution in [-0.4, -0.2) is 49.4 Å². The predicted molar refractivity (Wildman–Crippen MR) is 94.0 cm³/mol. The van der Waals surface area contributed by atoms with E-state index in [2.05, 4.69) is 16.0 Å². The van der Waals surface area contributed by atoms with Crippen LogP contribution < -0.4 is 16.0 Å². The molecule has 0 atom stereocenters. The summed E-state index contributed by atoms with van der Waals surface area (Å²) in [6.45, 7) is 8.10. The lowest BCUT2D eigenvalue weighted by Gasteiger charge is -2.17. The van der Waals surface area contributed by atoms with Crippen molar-refractivity contribution in [3.05, 3.63) is 28.8 Å². The third-order valence-electron chi connectivity index (χ3n) is 3.36. The number of carbonyl (C=O) groups is 3. The molecule has 0 aliphatic heterocycles. The van der Waals surface area contributed by atoms with Gasteiger partial charge in [0.15, 0.2) is 0 Å². The van der Waals surface area contributed by atoms with Crippen molar-refractivity contribution in [1.29, 1.82) is 0 Å². The molecule has 1 aromatic carbocycles. The van der Waals surface area contributed by atoms with E-state index in [0.29, 0.717) is 6.54 Å². The molecule has 24 heavy (non-hydrogen) atoms. The van der Waals surface area contributed by atoms with Gasteiger partial charge in [-0.05, 0) is 45.9 Å².